The molecule has 2 N–H and O–H groups in total. The van der Waals surface area contributed by atoms with Crippen LogP contribution in [0.4, 0.5) is 5.69 Å². The monoisotopic (exact) mass is 427 g/mol. The summed E-state index contributed by atoms with van der Waals surface area (Å²) in [5.74, 6) is 0.580. The molecule has 0 atom stereocenters. The topological polar surface area (TPSA) is 79.9 Å². The zero-order valence-corrected chi connectivity index (χ0v) is 17.9. The van der Waals surface area contributed by atoms with Crippen molar-refractivity contribution in [2.45, 2.75) is 50.0 Å². The van der Waals surface area contributed by atoms with Gasteiger partial charge in [0.2, 0.25) is 10.0 Å². The molecule has 1 aromatic carbocycles. The Morgan fingerprint density at radius 3 is 2.64 bits per heavy atom. The van der Waals surface area contributed by atoms with Crippen molar-refractivity contribution in [2.24, 2.45) is 0 Å². The maximum atomic E-state index is 13.0. The molecule has 0 amide bonds. The molecule has 2 fully saturated rings. The fourth-order valence-corrected chi connectivity index (χ4v) is 5.29. The molecule has 7 nitrogen and oxygen atoms in total. The van der Waals surface area contributed by atoms with Crippen LogP contribution in [0.2, 0.25) is 0 Å². The minimum absolute atomic E-state index is 0.223. The first-order valence-corrected chi connectivity index (χ1v) is 11.8. The molecule has 2 aliphatic rings. The summed E-state index contributed by atoms with van der Waals surface area (Å²) in [6.45, 7) is 3.92. The second-order valence-corrected chi connectivity index (χ2v) is 9.39. The highest BCUT2D eigenvalue weighted by atomic mass is 32.2. The zero-order chi connectivity index (χ0) is 20.0. The predicted molar refractivity (Wildman–Crippen MR) is 113 cm³/mol. The van der Waals surface area contributed by atoms with E-state index in [1.807, 2.05) is 6.92 Å². The van der Waals surface area contributed by atoms with Crippen molar-refractivity contribution in [1.82, 2.24) is 9.62 Å². The quantitative estimate of drug-likeness (QED) is 0.676. The highest BCUT2D eigenvalue weighted by Crippen LogP contribution is 2.30. The van der Waals surface area contributed by atoms with Gasteiger partial charge < -0.3 is 20.1 Å². The molecule has 1 aliphatic carbocycles. The third kappa shape index (κ3) is 5.34. The normalized spacial score (nSPS) is 19.2. The molecule has 0 aromatic heterocycles. The minimum Gasteiger partial charge on any atom is -0.492 e. The van der Waals surface area contributed by atoms with E-state index in [9.17, 15) is 8.42 Å². The Morgan fingerprint density at radius 2 is 1.96 bits per heavy atom. The van der Waals surface area contributed by atoms with Crippen LogP contribution in [0.3, 0.4) is 0 Å². The fraction of sp³-hybridized carbons (Fsp3) is 0.632. The van der Waals surface area contributed by atoms with Gasteiger partial charge in [0.05, 0.1) is 30.4 Å². The largest absolute Gasteiger partial charge is 0.492 e. The van der Waals surface area contributed by atoms with Crippen LogP contribution in [0, 0.1) is 0 Å². The fourth-order valence-electron chi connectivity index (χ4n) is 3.58. The number of benzene rings is 1. The molecule has 1 aliphatic heterocycles. The summed E-state index contributed by atoms with van der Waals surface area (Å²) in [6, 6.07) is 5.23. The number of hydrogen-bond acceptors (Lipinski definition) is 5. The second kappa shape index (κ2) is 9.87. The van der Waals surface area contributed by atoms with Gasteiger partial charge in [-0.3, -0.25) is 0 Å². The van der Waals surface area contributed by atoms with E-state index in [-0.39, 0.29) is 4.90 Å². The summed E-state index contributed by atoms with van der Waals surface area (Å²) in [6.07, 6.45) is 5.89. The number of sulfonamides is 1. The average Bonchev–Trinajstić information content (AvgIpc) is 2.70. The van der Waals surface area contributed by atoms with E-state index in [4.69, 9.17) is 21.7 Å². The highest BCUT2D eigenvalue weighted by Gasteiger charge is 2.27. The minimum atomic E-state index is -3.59. The van der Waals surface area contributed by atoms with Crippen molar-refractivity contribution in [3.63, 3.8) is 0 Å². The number of rotatable bonds is 6. The Labute approximate surface area is 172 Å². The van der Waals surface area contributed by atoms with Gasteiger partial charge in [-0.05, 0) is 50.2 Å². The molecule has 1 saturated heterocycles. The van der Waals surface area contributed by atoms with Gasteiger partial charge >= 0.3 is 0 Å². The Bertz CT molecular complexity index is 773. The molecule has 9 heteroatoms. The van der Waals surface area contributed by atoms with Gasteiger partial charge in [-0.15, -0.1) is 0 Å². The van der Waals surface area contributed by atoms with Crippen LogP contribution in [0.15, 0.2) is 23.1 Å². The number of nitrogens with one attached hydrogen (secondary N) is 2. The lowest BCUT2D eigenvalue weighted by Crippen LogP contribution is -2.40. The lowest BCUT2D eigenvalue weighted by Gasteiger charge is -2.27. The van der Waals surface area contributed by atoms with Gasteiger partial charge in [0, 0.05) is 19.1 Å². The van der Waals surface area contributed by atoms with E-state index in [1.54, 1.807) is 18.2 Å². The standard InChI is InChI=1S/C19H29N3O4S2/c1-2-26-18-9-8-16(28(23,24)22-10-12-25-13-11-22)14-17(18)21-19(27)20-15-6-4-3-5-7-15/h8-9,14-15H,2-7,10-13H2,1H3,(H2,20,21,27). The number of hydrogen-bond donors (Lipinski definition) is 2. The van der Waals surface area contributed by atoms with Gasteiger partial charge in [0.15, 0.2) is 5.11 Å². The number of nitrogens with zero attached hydrogens (tertiary/aromatic N) is 1. The lowest BCUT2D eigenvalue weighted by molar-refractivity contribution is 0.0730. The Kier molecular flexibility index (Phi) is 7.50. The van der Waals surface area contributed by atoms with Crippen LogP contribution >= 0.6 is 12.2 Å². The van der Waals surface area contributed by atoms with E-state index >= 15 is 0 Å². The van der Waals surface area contributed by atoms with Crippen LogP contribution < -0.4 is 15.4 Å². The van der Waals surface area contributed by atoms with Crippen molar-refractivity contribution in [1.29, 1.82) is 0 Å². The number of morpholine rings is 1. The van der Waals surface area contributed by atoms with Gasteiger partial charge in [-0.2, -0.15) is 4.31 Å². The Balaban J connectivity index is 1.77. The van der Waals surface area contributed by atoms with E-state index in [0.717, 1.165) is 12.8 Å². The number of thiocarbonyl (C=S) groups is 1. The molecule has 3 rings (SSSR count). The van der Waals surface area contributed by atoms with Crippen LogP contribution in [0.1, 0.15) is 39.0 Å². The molecule has 0 spiro atoms. The van der Waals surface area contributed by atoms with Crippen molar-refractivity contribution in [3.8, 4) is 5.75 Å². The molecule has 0 bridgehead atoms. The van der Waals surface area contributed by atoms with Crippen molar-refractivity contribution < 1.29 is 17.9 Å². The van der Waals surface area contributed by atoms with Crippen LogP contribution in [0.5, 0.6) is 5.75 Å². The number of anilines is 1. The van der Waals surface area contributed by atoms with Crippen molar-refractivity contribution in [3.05, 3.63) is 18.2 Å². The van der Waals surface area contributed by atoms with Crippen LogP contribution in [-0.2, 0) is 14.8 Å². The molecule has 0 radical (unpaired) electrons. The lowest BCUT2D eigenvalue weighted by atomic mass is 9.96. The third-order valence-electron chi connectivity index (χ3n) is 5.05. The van der Waals surface area contributed by atoms with Gasteiger partial charge in [-0.25, -0.2) is 8.42 Å². The molecule has 1 heterocycles. The highest BCUT2D eigenvalue weighted by molar-refractivity contribution is 7.89. The maximum absolute atomic E-state index is 13.0. The summed E-state index contributed by atoms with van der Waals surface area (Å²) in [5, 5.41) is 6.99. The molecule has 1 saturated carbocycles. The van der Waals surface area contributed by atoms with E-state index in [1.165, 1.54) is 23.6 Å². The maximum Gasteiger partial charge on any atom is 0.243 e. The molecule has 1 aromatic rings. The summed E-state index contributed by atoms with van der Waals surface area (Å²) in [4.78, 5) is 0.223. The molecule has 0 unspecified atom stereocenters. The van der Waals surface area contributed by atoms with E-state index < -0.39 is 10.0 Å². The first-order chi connectivity index (χ1) is 13.5. The summed E-state index contributed by atoms with van der Waals surface area (Å²) >= 11 is 5.47. The van der Waals surface area contributed by atoms with Crippen molar-refractivity contribution >= 4 is 33.0 Å². The zero-order valence-electron chi connectivity index (χ0n) is 16.3. The molecular weight excluding hydrogens is 398 g/mol. The number of ether oxygens (including phenoxy) is 2. The molecule has 28 heavy (non-hydrogen) atoms. The first-order valence-electron chi connectivity index (χ1n) is 9.93. The Hall–Kier alpha value is -1.42. The molecular formula is C19H29N3O4S2. The van der Waals surface area contributed by atoms with Gasteiger partial charge in [0.25, 0.3) is 0 Å². The smallest absolute Gasteiger partial charge is 0.243 e. The molecule has 156 valence electrons. The predicted octanol–water partition coefficient (Wildman–Crippen LogP) is 2.73. The second-order valence-electron chi connectivity index (χ2n) is 7.04. The summed E-state index contributed by atoms with van der Waals surface area (Å²) < 4.78 is 38.3. The summed E-state index contributed by atoms with van der Waals surface area (Å²) in [7, 11) is -3.59. The summed E-state index contributed by atoms with van der Waals surface area (Å²) in [5.41, 5.74) is 0.560. The average molecular weight is 428 g/mol. The van der Waals surface area contributed by atoms with Gasteiger partial charge in [0.1, 0.15) is 5.75 Å². The van der Waals surface area contributed by atoms with Gasteiger partial charge in [-0.1, -0.05) is 19.3 Å². The van der Waals surface area contributed by atoms with Crippen LogP contribution in [0.25, 0.3) is 0 Å². The van der Waals surface area contributed by atoms with Crippen molar-refractivity contribution in [2.75, 3.05) is 38.2 Å². The van der Waals surface area contributed by atoms with E-state index in [2.05, 4.69) is 10.6 Å². The van der Waals surface area contributed by atoms with E-state index in [0.29, 0.717) is 55.5 Å². The third-order valence-corrected chi connectivity index (χ3v) is 7.16. The first kappa shape index (κ1) is 21.3. The SMILES string of the molecule is CCOc1ccc(S(=O)(=O)N2CCOCC2)cc1NC(=S)NC1CCCCC1. The van der Waals surface area contributed by atoms with Crippen LogP contribution in [-0.4, -0.2) is 56.8 Å². The Morgan fingerprint density at radius 1 is 1.25 bits per heavy atom.